The Balaban J connectivity index is 2.10. The maximum atomic E-state index is 10.8. The monoisotopic (exact) mass is 264 g/mol. The molecule has 0 aromatic heterocycles. The molecule has 3 rings (SSSR count). The van der Waals surface area contributed by atoms with E-state index in [0.717, 1.165) is 21.9 Å². The normalized spacial score (nSPS) is 14.1. The number of phenolic OH excluding ortho intramolecular Hbond substituents is 1. The largest absolute Gasteiger partial charge is 0.508 e. The molecule has 0 heterocycles. The average Bonchev–Trinajstić information content (AvgIpc) is 2.47. The van der Waals surface area contributed by atoms with E-state index >= 15 is 0 Å². The highest BCUT2D eigenvalue weighted by molar-refractivity contribution is 5.83. The van der Waals surface area contributed by atoms with E-state index in [-0.39, 0.29) is 5.75 Å². The van der Waals surface area contributed by atoms with E-state index in [1.807, 2.05) is 42.5 Å². The lowest BCUT2D eigenvalue weighted by Gasteiger charge is -2.25. The quantitative estimate of drug-likeness (QED) is 0.739. The molecular weight excluding hydrogens is 248 g/mol. The van der Waals surface area contributed by atoms with Crippen LogP contribution in [0.4, 0.5) is 0 Å². The van der Waals surface area contributed by atoms with E-state index in [9.17, 15) is 10.2 Å². The first kappa shape index (κ1) is 12.7. The Morgan fingerprint density at radius 3 is 2.05 bits per heavy atom. The predicted molar refractivity (Wildman–Crippen MR) is 80.7 cm³/mol. The van der Waals surface area contributed by atoms with Gasteiger partial charge in [0.05, 0.1) is 0 Å². The SMILES string of the molecule is CC(O)(c1ccc(O)cc1)c1ccc2ccccc2c1. The summed E-state index contributed by atoms with van der Waals surface area (Å²) in [6.07, 6.45) is 0. The van der Waals surface area contributed by atoms with E-state index in [1.165, 1.54) is 0 Å². The lowest BCUT2D eigenvalue weighted by atomic mass is 9.87. The molecule has 0 radical (unpaired) electrons. The number of aromatic hydroxyl groups is 1. The van der Waals surface area contributed by atoms with Crippen molar-refractivity contribution in [1.29, 1.82) is 0 Å². The van der Waals surface area contributed by atoms with Gasteiger partial charge >= 0.3 is 0 Å². The molecule has 1 atom stereocenters. The van der Waals surface area contributed by atoms with Gasteiger partial charge in [0.15, 0.2) is 0 Å². The van der Waals surface area contributed by atoms with Gasteiger partial charge in [0, 0.05) is 0 Å². The van der Waals surface area contributed by atoms with E-state index in [2.05, 4.69) is 0 Å². The number of hydrogen-bond donors (Lipinski definition) is 2. The summed E-state index contributed by atoms with van der Waals surface area (Å²) in [6, 6.07) is 20.7. The van der Waals surface area contributed by atoms with Crippen LogP contribution in [-0.2, 0) is 5.60 Å². The molecule has 3 aromatic carbocycles. The number of fused-ring (bicyclic) bond motifs is 1. The summed E-state index contributed by atoms with van der Waals surface area (Å²) in [5.41, 5.74) is 0.505. The Morgan fingerprint density at radius 2 is 1.35 bits per heavy atom. The van der Waals surface area contributed by atoms with Gasteiger partial charge in [-0.2, -0.15) is 0 Å². The van der Waals surface area contributed by atoms with Crippen molar-refractivity contribution in [3.05, 3.63) is 77.9 Å². The van der Waals surface area contributed by atoms with Gasteiger partial charge < -0.3 is 10.2 Å². The molecule has 2 nitrogen and oxygen atoms in total. The first-order chi connectivity index (χ1) is 9.57. The molecule has 0 aliphatic carbocycles. The number of aliphatic hydroxyl groups is 1. The van der Waals surface area contributed by atoms with Crippen LogP contribution in [0.1, 0.15) is 18.1 Å². The average molecular weight is 264 g/mol. The molecule has 1 unspecified atom stereocenters. The molecule has 0 spiro atoms. The van der Waals surface area contributed by atoms with Gasteiger partial charge in [0.25, 0.3) is 0 Å². The van der Waals surface area contributed by atoms with E-state index in [4.69, 9.17) is 0 Å². The highest BCUT2D eigenvalue weighted by Gasteiger charge is 2.25. The Kier molecular flexibility index (Phi) is 2.96. The standard InChI is InChI=1S/C18H16O2/c1-18(20,15-8-10-17(19)11-9-15)16-7-6-13-4-2-3-5-14(13)12-16/h2-12,19-20H,1H3. The second-order valence-electron chi connectivity index (χ2n) is 5.18. The van der Waals surface area contributed by atoms with Crippen molar-refractivity contribution in [2.75, 3.05) is 0 Å². The summed E-state index contributed by atoms with van der Waals surface area (Å²) in [7, 11) is 0. The van der Waals surface area contributed by atoms with E-state index in [0.29, 0.717) is 0 Å². The first-order valence-corrected chi connectivity index (χ1v) is 6.58. The summed E-state index contributed by atoms with van der Waals surface area (Å²) in [4.78, 5) is 0. The van der Waals surface area contributed by atoms with Crippen molar-refractivity contribution in [2.45, 2.75) is 12.5 Å². The first-order valence-electron chi connectivity index (χ1n) is 6.58. The van der Waals surface area contributed by atoms with Crippen LogP contribution in [0.25, 0.3) is 10.8 Å². The van der Waals surface area contributed by atoms with Gasteiger partial charge in [-0.1, -0.05) is 48.5 Å². The summed E-state index contributed by atoms with van der Waals surface area (Å²) in [5.74, 6) is 0.197. The smallest absolute Gasteiger partial charge is 0.115 e. The van der Waals surface area contributed by atoms with Crippen molar-refractivity contribution < 1.29 is 10.2 Å². The summed E-state index contributed by atoms with van der Waals surface area (Å²) in [6.45, 7) is 1.77. The van der Waals surface area contributed by atoms with Crippen LogP contribution in [-0.4, -0.2) is 10.2 Å². The second kappa shape index (κ2) is 4.66. The van der Waals surface area contributed by atoms with Gasteiger partial charge in [-0.3, -0.25) is 0 Å². The minimum atomic E-state index is -1.09. The summed E-state index contributed by atoms with van der Waals surface area (Å²) >= 11 is 0. The molecule has 20 heavy (non-hydrogen) atoms. The fourth-order valence-corrected chi connectivity index (χ4v) is 2.44. The van der Waals surface area contributed by atoms with Crippen LogP contribution in [0.3, 0.4) is 0 Å². The molecule has 0 saturated heterocycles. The van der Waals surface area contributed by atoms with Crippen molar-refractivity contribution in [3.63, 3.8) is 0 Å². The number of hydrogen-bond acceptors (Lipinski definition) is 2. The highest BCUT2D eigenvalue weighted by atomic mass is 16.3. The van der Waals surface area contributed by atoms with Crippen LogP contribution in [0.5, 0.6) is 5.75 Å². The third-order valence-corrected chi connectivity index (χ3v) is 3.74. The molecule has 100 valence electrons. The van der Waals surface area contributed by atoms with Gasteiger partial charge in [-0.15, -0.1) is 0 Å². The van der Waals surface area contributed by atoms with Crippen LogP contribution in [0.15, 0.2) is 66.7 Å². The molecule has 0 aliphatic rings. The van der Waals surface area contributed by atoms with Crippen molar-refractivity contribution >= 4 is 10.8 Å². The van der Waals surface area contributed by atoms with Gasteiger partial charge in [0.2, 0.25) is 0 Å². The van der Waals surface area contributed by atoms with Gasteiger partial charge in [-0.05, 0) is 47.0 Å². The maximum absolute atomic E-state index is 10.8. The fraction of sp³-hybridized carbons (Fsp3) is 0.111. The third kappa shape index (κ3) is 2.15. The lowest BCUT2D eigenvalue weighted by molar-refractivity contribution is 0.102. The third-order valence-electron chi connectivity index (χ3n) is 3.74. The Bertz CT molecular complexity index is 743. The molecule has 2 N–H and O–H groups in total. The van der Waals surface area contributed by atoms with Crippen LogP contribution >= 0.6 is 0 Å². The van der Waals surface area contributed by atoms with Crippen molar-refractivity contribution in [2.24, 2.45) is 0 Å². The predicted octanol–water partition coefficient (Wildman–Crippen LogP) is 3.80. The van der Waals surface area contributed by atoms with E-state index in [1.54, 1.807) is 31.2 Å². The van der Waals surface area contributed by atoms with Crippen molar-refractivity contribution in [1.82, 2.24) is 0 Å². The molecule has 0 aliphatic heterocycles. The van der Waals surface area contributed by atoms with Crippen molar-refractivity contribution in [3.8, 4) is 5.75 Å². The highest BCUT2D eigenvalue weighted by Crippen LogP contribution is 2.31. The Morgan fingerprint density at radius 1 is 0.750 bits per heavy atom. The van der Waals surface area contributed by atoms with Crippen LogP contribution in [0, 0.1) is 0 Å². The zero-order valence-corrected chi connectivity index (χ0v) is 11.2. The molecule has 2 heteroatoms. The lowest BCUT2D eigenvalue weighted by Crippen LogP contribution is -2.22. The minimum absolute atomic E-state index is 0.197. The zero-order valence-electron chi connectivity index (χ0n) is 11.2. The zero-order chi connectivity index (χ0) is 14.2. The molecule has 0 amide bonds. The molecule has 0 saturated carbocycles. The minimum Gasteiger partial charge on any atom is -0.508 e. The molecule has 0 fully saturated rings. The summed E-state index contributed by atoms with van der Waals surface area (Å²) < 4.78 is 0. The summed E-state index contributed by atoms with van der Waals surface area (Å²) in [5, 5.41) is 22.4. The van der Waals surface area contributed by atoms with Crippen LogP contribution in [0.2, 0.25) is 0 Å². The topological polar surface area (TPSA) is 40.5 Å². The number of phenols is 1. The van der Waals surface area contributed by atoms with Gasteiger partial charge in [-0.25, -0.2) is 0 Å². The number of benzene rings is 3. The number of rotatable bonds is 2. The maximum Gasteiger partial charge on any atom is 0.115 e. The van der Waals surface area contributed by atoms with Crippen LogP contribution < -0.4 is 0 Å². The fourth-order valence-electron chi connectivity index (χ4n) is 2.44. The molecule has 0 bridgehead atoms. The molecular formula is C18H16O2. The Labute approximate surface area is 117 Å². The second-order valence-corrected chi connectivity index (χ2v) is 5.18. The Hall–Kier alpha value is -2.32. The van der Waals surface area contributed by atoms with E-state index < -0.39 is 5.60 Å². The molecule has 3 aromatic rings. The van der Waals surface area contributed by atoms with Gasteiger partial charge in [0.1, 0.15) is 11.4 Å².